The second kappa shape index (κ2) is 11.1. The van der Waals surface area contributed by atoms with Gasteiger partial charge in [-0.2, -0.15) is 0 Å². The summed E-state index contributed by atoms with van der Waals surface area (Å²) < 4.78 is 6.20. The Balaban J connectivity index is 1.39. The minimum Gasteiger partial charge on any atom is -0.378 e. The second-order valence-corrected chi connectivity index (χ2v) is 9.97. The molecule has 0 saturated heterocycles. The van der Waals surface area contributed by atoms with E-state index in [4.69, 9.17) is 4.74 Å². The van der Waals surface area contributed by atoms with Gasteiger partial charge in [0.25, 0.3) is 0 Å². The minimum absolute atomic E-state index is 0.596. The van der Waals surface area contributed by atoms with Gasteiger partial charge in [-0.1, -0.05) is 65.2 Å². The lowest BCUT2D eigenvalue weighted by molar-refractivity contribution is -0.0537. The molecule has 0 spiro atoms. The average Bonchev–Trinajstić information content (AvgIpc) is 2.67. The van der Waals surface area contributed by atoms with Gasteiger partial charge in [0.15, 0.2) is 0 Å². The highest BCUT2D eigenvalue weighted by Gasteiger charge is 2.44. The van der Waals surface area contributed by atoms with E-state index in [2.05, 4.69) is 13.8 Å². The number of rotatable bonds is 10. The largest absolute Gasteiger partial charge is 0.378 e. The molecule has 6 atom stereocenters. The van der Waals surface area contributed by atoms with Gasteiger partial charge in [0.2, 0.25) is 0 Å². The smallest absolute Gasteiger partial charge is 0.0578 e. The molecule has 1 nitrogen and oxygen atoms in total. The molecule has 0 N–H and O–H groups in total. The van der Waals surface area contributed by atoms with Crippen molar-refractivity contribution < 1.29 is 4.74 Å². The lowest BCUT2D eigenvalue weighted by Crippen LogP contribution is -2.42. The number of hydrogen-bond donors (Lipinski definition) is 0. The van der Waals surface area contributed by atoms with Crippen LogP contribution in [0, 0.1) is 29.6 Å². The summed E-state index contributed by atoms with van der Waals surface area (Å²) >= 11 is 0. The van der Waals surface area contributed by atoms with E-state index in [1.54, 1.807) is 25.7 Å². The molecule has 0 aromatic carbocycles. The van der Waals surface area contributed by atoms with Crippen LogP contribution in [-0.2, 0) is 4.74 Å². The van der Waals surface area contributed by atoms with Crippen LogP contribution in [0.5, 0.6) is 0 Å². The molecule has 0 aromatic heterocycles. The van der Waals surface area contributed by atoms with Gasteiger partial charge < -0.3 is 4.74 Å². The van der Waals surface area contributed by atoms with Crippen LogP contribution in [0.4, 0.5) is 0 Å². The number of fused-ring (bicyclic) bond motifs is 3. The fourth-order valence-electron chi connectivity index (χ4n) is 6.69. The first-order valence-electron chi connectivity index (χ1n) is 12.4. The van der Waals surface area contributed by atoms with Gasteiger partial charge in [0, 0.05) is 6.61 Å². The van der Waals surface area contributed by atoms with Crippen LogP contribution < -0.4 is 0 Å². The predicted octanol–water partition coefficient (Wildman–Crippen LogP) is 7.77. The number of hydrogen-bond acceptors (Lipinski definition) is 1. The summed E-state index contributed by atoms with van der Waals surface area (Å²) in [6.45, 7) is 5.59. The molecule has 152 valence electrons. The maximum absolute atomic E-state index is 6.20. The lowest BCUT2D eigenvalue weighted by Gasteiger charge is -2.50. The molecule has 3 saturated carbocycles. The first-order valence-corrected chi connectivity index (χ1v) is 12.4. The fraction of sp³-hybridized carbons (Fsp3) is 1.00. The number of unbranched alkanes of at least 4 members (excludes halogenated alkanes) is 5. The van der Waals surface area contributed by atoms with Crippen LogP contribution in [-0.4, -0.2) is 12.7 Å². The van der Waals surface area contributed by atoms with Crippen LogP contribution in [0.2, 0.25) is 0 Å². The highest BCUT2D eigenvalue weighted by atomic mass is 16.5. The highest BCUT2D eigenvalue weighted by molar-refractivity contribution is 4.94. The molecular formula is C25H46O. The summed E-state index contributed by atoms with van der Waals surface area (Å²) in [6.07, 6.45) is 23.9. The second-order valence-electron chi connectivity index (χ2n) is 9.97. The summed E-state index contributed by atoms with van der Waals surface area (Å²) in [6, 6.07) is 0. The average molecular weight is 363 g/mol. The molecule has 26 heavy (non-hydrogen) atoms. The molecule has 3 rings (SSSR count). The van der Waals surface area contributed by atoms with Gasteiger partial charge in [0.05, 0.1) is 6.10 Å². The third kappa shape index (κ3) is 5.73. The standard InChI is InChI=1S/C25H46O/c1-3-5-7-8-9-10-20-11-15-24-21(18-20)12-13-22-19-23(14-16-25(22)24)26-17-6-4-2/h20-25H,3-19H2,1-2H3. The third-order valence-electron chi connectivity index (χ3n) is 8.17. The highest BCUT2D eigenvalue weighted by Crippen LogP contribution is 2.53. The van der Waals surface area contributed by atoms with E-state index in [-0.39, 0.29) is 0 Å². The van der Waals surface area contributed by atoms with Crippen LogP contribution >= 0.6 is 0 Å². The maximum Gasteiger partial charge on any atom is 0.0578 e. The molecule has 0 bridgehead atoms. The zero-order chi connectivity index (χ0) is 18.2. The molecule has 0 heterocycles. The van der Waals surface area contributed by atoms with E-state index in [1.165, 1.54) is 77.0 Å². The predicted molar refractivity (Wildman–Crippen MR) is 112 cm³/mol. The van der Waals surface area contributed by atoms with Crippen LogP contribution in [0.15, 0.2) is 0 Å². The van der Waals surface area contributed by atoms with Crippen molar-refractivity contribution in [1.82, 2.24) is 0 Å². The molecule has 3 fully saturated rings. The van der Waals surface area contributed by atoms with Gasteiger partial charge in [-0.25, -0.2) is 0 Å². The molecule has 0 radical (unpaired) electrons. The molecule has 0 aromatic rings. The van der Waals surface area contributed by atoms with Crippen molar-refractivity contribution in [3.63, 3.8) is 0 Å². The van der Waals surface area contributed by atoms with Crippen molar-refractivity contribution in [3.05, 3.63) is 0 Å². The van der Waals surface area contributed by atoms with Gasteiger partial charge in [-0.05, 0) is 81.0 Å². The molecule has 1 heteroatoms. The molecule has 3 aliphatic carbocycles. The Morgan fingerprint density at radius 1 is 0.654 bits per heavy atom. The third-order valence-corrected chi connectivity index (χ3v) is 8.17. The topological polar surface area (TPSA) is 9.23 Å². The Hall–Kier alpha value is -0.0400. The van der Waals surface area contributed by atoms with E-state index in [1.807, 2.05) is 0 Å². The van der Waals surface area contributed by atoms with Crippen molar-refractivity contribution in [2.45, 2.75) is 123 Å². The Morgan fingerprint density at radius 3 is 2.12 bits per heavy atom. The summed E-state index contributed by atoms with van der Waals surface area (Å²) in [7, 11) is 0. The van der Waals surface area contributed by atoms with Crippen molar-refractivity contribution in [3.8, 4) is 0 Å². The summed E-state index contributed by atoms with van der Waals surface area (Å²) in [5, 5.41) is 0. The molecule has 0 amide bonds. The van der Waals surface area contributed by atoms with E-state index in [9.17, 15) is 0 Å². The molecule has 6 unspecified atom stereocenters. The van der Waals surface area contributed by atoms with Gasteiger partial charge in [-0.15, -0.1) is 0 Å². The SMILES string of the molecule is CCCCCCCC1CCC2C(CCC3CC(OCCCC)CCC32)C1. The van der Waals surface area contributed by atoms with Crippen LogP contribution in [0.25, 0.3) is 0 Å². The normalized spacial score (nSPS) is 37.2. The Morgan fingerprint density at radius 2 is 1.35 bits per heavy atom. The first-order chi connectivity index (χ1) is 12.8. The first kappa shape index (κ1) is 20.7. The monoisotopic (exact) mass is 362 g/mol. The zero-order valence-electron chi connectivity index (χ0n) is 17.9. The number of ether oxygens (including phenoxy) is 1. The van der Waals surface area contributed by atoms with Crippen LogP contribution in [0.3, 0.4) is 0 Å². The van der Waals surface area contributed by atoms with E-state index in [0.29, 0.717) is 6.10 Å². The van der Waals surface area contributed by atoms with Gasteiger partial charge >= 0.3 is 0 Å². The molecule has 3 aliphatic rings. The van der Waals surface area contributed by atoms with E-state index >= 15 is 0 Å². The zero-order valence-corrected chi connectivity index (χ0v) is 17.9. The summed E-state index contributed by atoms with van der Waals surface area (Å²) in [4.78, 5) is 0. The fourth-order valence-corrected chi connectivity index (χ4v) is 6.69. The Bertz CT molecular complexity index is 378. The van der Waals surface area contributed by atoms with Gasteiger partial charge in [0.1, 0.15) is 0 Å². The summed E-state index contributed by atoms with van der Waals surface area (Å²) in [5.74, 6) is 5.31. The Kier molecular flexibility index (Phi) is 8.82. The summed E-state index contributed by atoms with van der Waals surface area (Å²) in [5.41, 5.74) is 0. The minimum atomic E-state index is 0.596. The van der Waals surface area contributed by atoms with Crippen LogP contribution in [0.1, 0.15) is 117 Å². The van der Waals surface area contributed by atoms with Crippen molar-refractivity contribution in [2.75, 3.05) is 6.61 Å². The molecule has 0 aliphatic heterocycles. The maximum atomic E-state index is 6.20. The quantitative estimate of drug-likeness (QED) is 0.360. The van der Waals surface area contributed by atoms with Crippen molar-refractivity contribution >= 4 is 0 Å². The lowest BCUT2D eigenvalue weighted by atomic mass is 9.56. The van der Waals surface area contributed by atoms with Crippen molar-refractivity contribution in [1.29, 1.82) is 0 Å². The Labute approximate surface area is 164 Å². The van der Waals surface area contributed by atoms with E-state index < -0.39 is 0 Å². The van der Waals surface area contributed by atoms with E-state index in [0.717, 1.165) is 36.2 Å². The van der Waals surface area contributed by atoms with Gasteiger partial charge in [-0.3, -0.25) is 0 Å². The molecular weight excluding hydrogens is 316 g/mol. The van der Waals surface area contributed by atoms with Crippen molar-refractivity contribution in [2.24, 2.45) is 29.6 Å².